The molecule has 2 aromatic carbocycles. The van der Waals surface area contributed by atoms with E-state index < -0.39 is 145 Å². The number of hydrogen-bond acceptors (Lipinski definition) is 17. The van der Waals surface area contributed by atoms with Crippen LogP contribution in [0, 0.1) is 5.92 Å². The predicted octanol–water partition coefficient (Wildman–Crippen LogP) is -1.16. The van der Waals surface area contributed by atoms with Crippen LogP contribution in [0.25, 0.3) is 0 Å². The molecule has 0 saturated heterocycles. The van der Waals surface area contributed by atoms with E-state index in [9.17, 15) is 62.6 Å². The molecule has 1 heterocycles. The minimum Gasteiger partial charge on any atom is -0.481 e. The quantitative estimate of drug-likeness (QED) is 0.0319. The second kappa shape index (κ2) is 38.4. The molecule has 0 bridgehead atoms. The lowest BCUT2D eigenvalue weighted by molar-refractivity contribution is -0.143. The molecule has 0 aliphatic rings. The molecule has 472 valence electrons. The number of nitrogens with two attached hydrogens (primary N) is 2. The van der Waals surface area contributed by atoms with Crippen LogP contribution >= 0.6 is 35.3 Å². The summed E-state index contributed by atoms with van der Waals surface area (Å²) in [7, 11) is 1.35. The molecule has 0 spiro atoms. The zero-order chi connectivity index (χ0) is 63.9. The highest BCUT2D eigenvalue weighted by atomic mass is 32.2. The third-order valence-corrected chi connectivity index (χ3v) is 15.1. The summed E-state index contributed by atoms with van der Waals surface area (Å²) in [6.07, 6.45) is 6.10. The van der Waals surface area contributed by atoms with Gasteiger partial charge in [0.2, 0.25) is 59.1 Å². The molecule has 9 atom stereocenters. The van der Waals surface area contributed by atoms with Gasteiger partial charge in [-0.25, -0.2) is 4.98 Å². The summed E-state index contributed by atoms with van der Waals surface area (Å²) in [6, 6.07) is 4.70. The van der Waals surface area contributed by atoms with Crippen molar-refractivity contribution in [2.45, 2.75) is 126 Å². The van der Waals surface area contributed by atoms with Crippen molar-refractivity contribution in [1.82, 2.24) is 57.4 Å². The zero-order valence-corrected chi connectivity index (χ0v) is 51.4. The normalized spacial score (nSPS) is 14.2. The van der Waals surface area contributed by atoms with Crippen LogP contribution in [0.15, 0.2) is 73.2 Å². The minimum absolute atomic E-state index is 0.0172. The number of nitrogens with one attached hydrogen (secondary N) is 9. The Morgan fingerprint density at radius 3 is 1.51 bits per heavy atom. The first-order chi connectivity index (χ1) is 40.9. The fourth-order valence-corrected chi connectivity index (χ4v) is 10.0. The number of benzene rings is 2. The average molecular weight is 1260 g/mol. The Morgan fingerprint density at radius 2 is 1.01 bits per heavy atom. The standard InChI is InChI=1S/C56H81N13O14S3/c1-32(2)23-40(52(79)63-37(48(58)75)17-20-84-4)62-45(70)30-60-55(82)44(25-34-15-11-8-12-16-34)69(3)56(83)43(24-33-13-9-7-10-14-33)68-51(78)39(19-22-86-6)65-54(81)42(28-47(73)74)67-53(80)41(26-35-29-59-31-61-35)66-50(77)38(18-21-85-5)64-49(76)36(57)27-46(71)72/h7-16,29,31-32,36-44H,17-28,30,57H2,1-6H3,(H2,58,75)(H,59,61)(H,60,82)(H,62,70)(H,63,79)(H,64,76)(H,65,81)(H,66,77)(H,67,80)(H,68,78)(H,71,72)(H,73,74)/t36-,37-,38-,39-,40-,41-,42-,43-,44-/m0/s1. The van der Waals surface area contributed by atoms with Gasteiger partial charge in [-0.3, -0.25) is 57.5 Å². The number of rotatable bonds is 40. The summed E-state index contributed by atoms with van der Waals surface area (Å²) in [6.45, 7) is 3.04. The van der Waals surface area contributed by atoms with Crippen molar-refractivity contribution in [3.05, 3.63) is 90.0 Å². The monoisotopic (exact) mass is 1260 g/mol. The number of likely N-dealkylation sites (N-methyl/N-ethyl adjacent to an activating group) is 1. The lowest BCUT2D eigenvalue weighted by atomic mass is 10.0. The smallest absolute Gasteiger partial charge is 0.305 e. The highest BCUT2D eigenvalue weighted by molar-refractivity contribution is 7.99. The van der Waals surface area contributed by atoms with Crippen LogP contribution in [0.5, 0.6) is 0 Å². The van der Waals surface area contributed by atoms with Gasteiger partial charge in [0.1, 0.15) is 48.3 Å². The first-order valence-electron chi connectivity index (χ1n) is 27.5. The van der Waals surface area contributed by atoms with Crippen molar-refractivity contribution >= 4 is 106 Å². The average Bonchev–Trinajstić information content (AvgIpc) is 3.99. The Bertz CT molecular complexity index is 2730. The predicted molar refractivity (Wildman–Crippen MR) is 326 cm³/mol. The van der Waals surface area contributed by atoms with E-state index in [0.29, 0.717) is 28.3 Å². The van der Waals surface area contributed by atoms with Gasteiger partial charge in [0.05, 0.1) is 31.8 Å². The van der Waals surface area contributed by atoms with Crippen molar-refractivity contribution in [1.29, 1.82) is 0 Å². The number of primary amides is 1. The summed E-state index contributed by atoms with van der Waals surface area (Å²) in [5.74, 6) is -10.5. The van der Waals surface area contributed by atoms with Crippen molar-refractivity contribution in [2.24, 2.45) is 17.4 Å². The third-order valence-electron chi connectivity index (χ3n) is 13.2. The molecule has 3 rings (SSSR count). The minimum atomic E-state index is -1.87. The molecule has 1 aromatic heterocycles. The molecule has 0 aliphatic carbocycles. The van der Waals surface area contributed by atoms with E-state index >= 15 is 0 Å². The topological polar surface area (TPSA) is 425 Å². The lowest BCUT2D eigenvalue weighted by Gasteiger charge is -2.32. The number of carbonyl (C=O) groups is 12. The van der Waals surface area contributed by atoms with E-state index in [2.05, 4.69) is 52.5 Å². The highest BCUT2D eigenvalue weighted by Crippen LogP contribution is 2.15. The van der Waals surface area contributed by atoms with Crippen LogP contribution in [0.4, 0.5) is 0 Å². The van der Waals surface area contributed by atoms with E-state index in [1.54, 1.807) is 73.2 Å². The summed E-state index contributed by atoms with van der Waals surface area (Å²) in [5, 5.41) is 39.6. The Hall–Kier alpha value is -7.70. The van der Waals surface area contributed by atoms with Crippen molar-refractivity contribution < 1.29 is 67.7 Å². The number of carboxylic acid groups (broad SMARTS) is 2. The fourth-order valence-electron chi connectivity index (χ4n) is 8.59. The molecule has 86 heavy (non-hydrogen) atoms. The van der Waals surface area contributed by atoms with E-state index in [1.165, 1.54) is 54.9 Å². The lowest BCUT2D eigenvalue weighted by Crippen LogP contribution is -2.61. The van der Waals surface area contributed by atoms with Gasteiger partial charge in [0, 0.05) is 38.2 Å². The van der Waals surface area contributed by atoms with Crippen LogP contribution < -0.4 is 54.0 Å². The first kappa shape index (κ1) is 72.6. The van der Waals surface area contributed by atoms with Crippen LogP contribution in [0.1, 0.15) is 69.2 Å². The molecule has 0 unspecified atom stereocenters. The molecule has 30 heteroatoms. The second-order valence-corrected chi connectivity index (χ2v) is 23.5. The maximum absolute atomic E-state index is 14.9. The number of amides is 10. The summed E-state index contributed by atoms with van der Waals surface area (Å²) in [4.78, 5) is 170. The SMILES string of the molecule is CSCC[C@H](NC(=O)[C@H](CC(C)C)NC(=O)CNC(=O)[C@H](Cc1ccccc1)N(C)C(=O)[C@H](Cc1ccccc1)NC(=O)[C@H](CCSC)NC(=O)[C@H](CC(=O)O)NC(=O)[C@H](Cc1cnc[nH]1)NC(=O)[C@H](CCSC)NC(=O)[C@@H](N)CC(=O)O)C(N)=O. The van der Waals surface area contributed by atoms with Gasteiger partial charge in [-0.1, -0.05) is 74.5 Å². The Kier molecular flexibility index (Phi) is 32.4. The van der Waals surface area contributed by atoms with Gasteiger partial charge in [0.15, 0.2) is 0 Å². The van der Waals surface area contributed by atoms with E-state index in [0.717, 1.165) is 4.90 Å². The van der Waals surface area contributed by atoms with Crippen LogP contribution in [-0.2, 0) is 76.8 Å². The van der Waals surface area contributed by atoms with Crippen LogP contribution in [0.2, 0.25) is 0 Å². The van der Waals surface area contributed by atoms with E-state index in [1.807, 2.05) is 20.1 Å². The van der Waals surface area contributed by atoms with E-state index in [-0.39, 0.29) is 56.6 Å². The van der Waals surface area contributed by atoms with Gasteiger partial charge >= 0.3 is 11.9 Å². The largest absolute Gasteiger partial charge is 0.481 e. The Balaban J connectivity index is 1.95. The second-order valence-electron chi connectivity index (χ2n) is 20.5. The maximum atomic E-state index is 14.9. The fraction of sp³-hybridized carbons (Fsp3) is 0.518. The molecular formula is C56H81N13O14S3. The summed E-state index contributed by atoms with van der Waals surface area (Å²) in [5.41, 5.74) is 12.8. The Labute approximate surface area is 512 Å². The highest BCUT2D eigenvalue weighted by Gasteiger charge is 2.37. The number of nitrogens with zero attached hydrogens (tertiary/aromatic N) is 2. The van der Waals surface area contributed by atoms with Crippen molar-refractivity contribution in [3.8, 4) is 0 Å². The molecule has 15 N–H and O–H groups in total. The summed E-state index contributed by atoms with van der Waals surface area (Å²) >= 11 is 4.08. The summed E-state index contributed by atoms with van der Waals surface area (Å²) < 4.78 is 0. The number of imidazole rings is 1. The number of aromatic amines is 1. The molecule has 0 saturated carbocycles. The van der Waals surface area contributed by atoms with Crippen LogP contribution in [0.3, 0.4) is 0 Å². The van der Waals surface area contributed by atoms with Crippen molar-refractivity contribution in [3.63, 3.8) is 0 Å². The Morgan fingerprint density at radius 1 is 0.558 bits per heavy atom. The van der Waals surface area contributed by atoms with Crippen LogP contribution in [-0.4, -0.2) is 200 Å². The first-order valence-corrected chi connectivity index (χ1v) is 31.7. The van der Waals surface area contributed by atoms with Gasteiger partial charge in [0.25, 0.3) is 0 Å². The third kappa shape index (κ3) is 26.3. The van der Waals surface area contributed by atoms with Gasteiger partial charge < -0.3 is 74.1 Å². The number of aliphatic carboxylic acids is 2. The molecule has 0 aliphatic heterocycles. The molecule has 0 fully saturated rings. The number of thioether (sulfide) groups is 3. The molecule has 3 aromatic rings. The molecule has 10 amide bonds. The molecule has 27 nitrogen and oxygen atoms in total. The van der Waals surface area contributed by atoms with Gasteiger partial charge in [-0.15, -0.1) is 0 Å². The van der Waals surface area contributed by atoms with Gasteiger partial charge in [-0.05, 0) is 78.8 Å². The van der Waals surface area contributed by atoms with E-state index in [4.69, 9.17) is 16.6 Å². The number of carboxylic acids is 2. The van der Waals surface area contributed by atoms with Gasteiger partial charge in [-0.2, -0.15) is 35.3 Å². The maximum Gasteiger partial charge on any atom is 0.305 e. The molecular weight excluding hydrogens is 1170 g/mol. The number of hydrogen-bond donors (Lipinski definition) is 13. The molecule has 0 radical (unpaired) electrons. The number of carbonyl (C=O) groups excluding carboxylic acids is 10. The number of aromatic nitrogens is 2. The number of H-pyrrole nitrogens is 1. The zero-order valence-electron chi connectivity index (χ0n) is 49.0. The van der Waals surface area contributed by atoms with Crippen molar-refractivity contribution in [2.75, 3.05) is 49.6 Å².